The minimum absolute atomic E-state index is 0.0767. The van der Waals surface area contributed by atoms with E-state index in [1.165, 1.54) is 17.0 Å². The second kappa shape index (κ2) is 6.87. The fourth-order valence-corrected chi connectivity index (χ4v) is 1.89. The molecule has 0 saturated carbocycles. The zero-order valence-corrected chi connectivity index (χ0v) is 11.9. The van der Waals surface area contributed by atoms with Crippen molar-refractivity contribution in [3.8, 4) is 6.07 Å². The summed E-state index contributed by atoms with van der Waals surface area (Å²) in [7, 11) is 0. The van der Waals surface area contributed by atoms with Crippen molar-refractivity contribution in [2.75, 3.05) is 13.1 Å². The molecular formula is C13H14ClN3O3. The van der Waals surface area contributed by atoms with Crippen LogP contribution in [0.4, 0.5) is 5.69 Å². The molecule has 0 N–H and O–H groups in total. The third kappa shape index (κ3) is 3.68. The predicted molar refractivity (Wildman–Crippen MR) is 74.5 cm³/mol. The molecule has 0 aliphatic heterocycles. The summed E-state index contributed by atoms with van der Waals surface area (Å²) in [5.41, 5.74) is -0.116. The van der Waals surface area contributed by atoms with Gasteiger partial charge in [0.15, 0.2) is 0 Å². The quantitative estimate of drug-likeness (QED) is 0.617. The Balaban J connectivity index is 3.09. The van der Waals surface area contributed by atoms with Gasteiger partial charge in [0.05, 0.1) is 27.5 Å². The predicted octanol–water partition coefficient (Wildman–Crippen LogP) is 2.87. The fourth-order valence-electron chi connectivity index (χ4n) is 1.69. The molecule has 0 aliphatic carbocycles. The molecule has 0 bridgehead atoms. The van der Waals surface area contributed by atoms with Gasteiger partial charge in [-0.15, -0.1) is 0 Å². The Kier molecular flexibility index (Phi) is 5.47. The summed E-state index contributed by atoms with van der Waals surface area (Å²) in [4.78, 5) is 23.9. The summed E-state index contributed by atoms with van der Waals surface area (Å²) in [5, 5.41) is 19.7. The van der Waals surface area contributed by atoms with Crippen LogP contribution < -0.4 is 0 Å². The lowest BCUT2D eigenvalue weighted by molar-refractivity contribution is -0.384. The van der Waals surface area contributed by atoms with Crippen molar-refractivity contribution in [2.45, 2.75) is 13.8 Å². The van der Waals surface area contributed by atoms with Crippen LogP contribution in [0, 0.1) is 27.4 Å². The fraction of sp³-hybridized carbons (Fsp3) is 0.385. The first-order valence-electron chi connectivity index (χ1n) is 6.03. The first kappa shape index (κ1) is 15.9. The molecule has 1 atom stereocenters. The van der Waals surface area contributed by atoms with Gasteiger partial charge in [-0.1, -0.05) is 11.6 Å². The molecular weight excluding hydrogens is 282 g/mol. The molecule has 0 aliphatic rings. The average Bonchev–Trinajstić information content (AvgIpc) is 2.43. The summed E-state index contributed by atoms with van der Waals surface area (Å²) < 4.78 is 0. The number of carbonyl (C=O) groups is 1. The Morgan fingerprint density at radius 1 is 1.60 bits per heavy atom. The Morgan fingerprint density at radius 2 is 2.25 bits per heavy atom. The second-order valence-corrected chi connectivity index (χ2v) is 4.70. The molecule has 0 saturated heterocycles. The van der Waals surface area contributed by atoms with Crippen LogP contribution in [0.15, 0.2) is 18.2 Å². The van der Waals surface area contributed by atoms with Crippen molar-refractivity contribution in [3.05, 3.63) is 38.9 Å². The van der Waals surface area contributed by atoms with Crippen LogP contribution in [0.5, 0.6) is 0 Å². The normalized spacial score (nSPS) is 11.5. The summed E-state index contributed by atoms with van der Waals surface area (Å²) in [6.07, 6.45) is 0. The first-order chi connectivity index (χ1) is 9.40. The van der Waals surface area contributed by atoms with Crippen LogP contribution in [-0.2, 0) is 0 Å². The third-order valence-corrected chi connectivity index (χ3v) is 3.10. The standard InChI is InChI=1S/C13H14ClN3O3/c1-3-16(8-9(2)7-15)13(18)11-6-10(17(19)20)4-5-12(11)14/h4-6,9H,3,8H2,1-2H3. The maximum atomic E-state index is 12.3. The Labute approximate surface area is 121 Å². The molecule has 1 aromatic rings. The van der Waals surface area contributed by atoms with Gasteiger partial charge in [0.2, 0.25) is 0 Å². The number of benzene rings is 1. The molecule has 0 aromatic heterocycles. The molecule has 1 rings (SSSR count). The maximum Gasteiger partial charge on any atom is 0.270 e. The van der Waals surface area contributed by atoms with Gasteiger partial charge < -0.3 is 4.90 Å². The molecule has 0 fully saturated rings. The molecule has 1 aromatic carbocycles. The minimum atomic E-state index is -0.582. The van der Waals surface area contributed by atoms with E-state index in [0.29, 0.717) is 6.54 Å². The van der Waals surface area contributed by atoms with Crippen molar-refractivity contribution in [1.82, 2.24) is 4.90 Å². The number of hydrogen-bond donors (Lipinski definition) is 0. The van der Waals surface area contributed by atoms with Crippen LogP contribution >= 0.6 is 11.6 Å². The molecule has 7 heteroatoms. The number of nitrogens with zero attached hydrogens (tertiary/aromatic N) is 3. The lowest BCUT2D eigenvalue weighted by Gasteiger charge is -2.22. The number of nitro groups is 1. The highest BCUT2D eigenvalue weighted by atomic mass is 35.5. The van der Waals surface area contributed by atoms with Crippen molar-refractivity contribution in [3.63, 3.8) is 0 Å². The van der Waals surface area contributed by atoms with Gasteiger partial charge in [-0.05, 0) is 19.9 Å². The van der Waals surface area contributed by atoms with Gasteiger partial charge in [-0.25, -0.2) is 0 Å². The number of nitriles is 1. The number of non-ortho nitro benzene ring substituents is 1. The lowest BCUT2D eigenvalue weighted by Crippen LogP contribution is -2.34. The van der Waals surface area contributed by atoms with Gasteiger partial charge in [-0.2, -0.15) is 5.26 Å². The van der Waals surface area contributed by atoms with Gasteiger partial charge in [0.1, 0.15) is 0 Å². The van der Waals surface area contributed by atoms with Crippen LogP contribution in [0.3, 0.4) is 0 Å². The van der Waals surface area contributed by atoms with Crippen LogP contribution in [0.25, 0.3) is 0 Å². The zero-order chi connectivity index (χ0) is 15.3. The molecule has 0 radical (unpaired) electrons. The van der Waals surface area contributed by atoms with Crippen LogP contribution in [0.1, 0.15) is 24.2 Å². The van der Waals surface area contributed by atoms with Crippen molar-refractivity contribution in [1.29, 1.82) is 5.26 Å². The highest BCUT2D eigenvalue weighted by molar-refractivity contribution is 6.33. The Hall–Kier alpha value is -2.13. The van der Waals surface area contributed by atoms with Crippen LogP contribution in [-0.4, -0.2) is 28.8 Å². The van der Waals surface area contributed by atoms with E-state index in [-0.39, 0.29) is 28.7 Å². The highest BCUT2D eigenvalue weighted by Crippen LogP contribution is 2.23. The summed E-state index contributed by atoms with van der Waals surface area (Å²) in [6, 6.07) is 5.77. The number of nitro benzene ring substituents is 1. The van der Waals surface area contributed by atoms with E-state index in [1.54, 1.807) is 13.8 Å². The van der Waals surface area contributed by atoms with Crippen molar-refractivity contribution >= 4 is 23.2 Å². The smallest absolute Gasteiger partial charge is 0.270 e. The molecule has 1 amide bonds. The number of hydrogen-bond acceptors (Lipinski definition) is 4. The summed E-state index contributed by atoms with van der Waals surface area (Å²) in [5.74, 6) is -0.736. The topological polar surface area (TPSA) is 87.2 Å². The molecule has 0 heterocycles. The van der Waals surface area contributed by atoms with Gasteiger partial charge in [0, 0.05) is 25.2 Å². The van der Waals surface area contributed by atoms with E-state index in [2.05, 4.69) is 0 Å². The maximum absolute atomic E-state index is 12.3. The number of halogens is 1. The molecule has 1 unspecified atom stereocenters. The van der Waals surface area contributed by atoms with Crippen molar-refractivity contribution < 1.29 is 9.72 Å². The molecule has 6 nitrogen and oxygen atoms in total. The third-order valence-electron chi connectivity index (χ3n) is 2.77. The van der Waals surface area contributed by atoms with E-state index < -0.39 is 10.8 Å². The monoisotopic (exact) mass is 295 g/mol. The molecule has 0 spiro atoms. The molecule has 20 heavy (non-hydrogen) atoms. The minimum Gasteiger partial charge on any atom is -0.338 e. The number of carbonyl (C=O) groups excluding carboxylic acids is 1. The summed E-state index contributed by atoms with van der Waals surface area (Å²) >= 11 is 5.93. The van der Waals surface area contributed by atoms with Crippen molar-refractivity contribution in [2.24, 2.45) is 5.92 Å². The van der Waals surface area contributed by atoms with Gasteiger partial charge >= 0.3 is 0 Å². The van der Waals surface area contributed by atoms with E-state index >= 15 is 0 Å². The van der Waals surface area contributed by atoms with Gasteiger partial charge in [0.25, 0.3) is 11.6 Å². The average molecular weight is 296 g/mol. The Morgan fingerprint density at radius 3 is 2.75 bits per heavy atom. The number of rotatable bonds is 5. The van der Waals surface area contributed by atoms with E-state index in [4.69, 9.17) is 16.9 Å². The summed E-state index contributed by atoms with van der Waals surface area (Å²) in [6.45, 7) is 4.12. The Bertz CT molecular complexity index is 568. The number of amides is 1. The zero-order valence-electron chi connectivity index (χ0n) is 11.2. The van der Waals surface area contributed by atoms with E-state index in [0.717, 1.165) is 6.07 Å². The van der Waals surface area contributed by atoms with Gasteiger partial charge in [-0.3, -0.25) is 14.9 Å². The molecule has 106 valence electrons. The largest absolute Gasteiger partial charge is 0.338 e. The van der Waals surface area contributed by atoms with E-state index in [9.17, 15) is 14.9 Å². The van der Waals surface area contributed by atoms with E-state index in [1.807, 2.05) is 6.07 Å². The highest BCUT2D eigenvalue weighted by Gasteiger charge is 2.21. The van der Waals surface area contributed by atoms with Crippen LogP contribution in [0.2, 0.25) is 5.02 Å². The SMILES string of the molecule is CCN(CC(C)C#N)C(=O)c1cc([N+](=O)[O-])ccc1Cl. The first-order valence-corrected chi connectivity index (χ1v) is 6.41. The lowest BCUT2D eigenvalue weighted by atomic mass is 10.1. The second-order valence-electron chi connectivity index (χ2n) is 4.30.